The minimum absolute atomic E-state index is 0.0527. The number of hydrogen-bond donors (Lipinski definition) is 1. The second-order valence-corrected chi connectivity index (χ2v) is 6.45. The summed E-state index contributed by atoms with van der Waals surface area (Å²) in [6, 6.07) is 10.3. The number of carbonyl (C=O) groups excluding carboxylic acids is 1. The summed E-state index contributed by atoms with van der Waals surface area (Å²) in [6.45, 7) is 3.38. The van der Waals surface area contributed by atoms with Crippen LogP contribution in [0.5, 0.6) is 0 Å². The number of carbonyl (C=O) groups is 1. The van der Waals surface area contributed by atoms with Crippen molar-refractivity contribution in [2.24, 2.45) is 5.92 Å². The van der Waals surface area contributed by atoms with Crippen molar-refractivity contribution in [2.75, 3.05) is 13.1 Å². The van der Waals surface area contributed by atoms with Gasteiger partial charge in [0.15, 0.2) is 0 Å². The molecule has 3 rings (SSSR count). The van der Waals surface area contributed by atoms with Crippen LogP contribution in [0, 0.1) is 11.7 Å². The van der Waals surface area contributed by atoms with Crippen LogP contribution in [-0.4, -0.2) is 24.0 Å². The van der Waals surface area contributed by atoms with E-state index in [9.17, 15) is 9.18 Å². The third-order valence-electron chi connectivity index (χ3n) is 4.63. The first kappa shape index (κ1) is 16.6. The van der Waals surface area contributed by atoms with Crippen LogP contribution < -0.4 is 5.32 Å². The van der Waals surface area contributed by atoms with Crippen LogP contribution in [0.1, 0.15) is 37.1 Å². The molecule has 1 saturated heterocycles. The van der Waals surface area contributed by atoms with E-state index >= 15 is 0 Å². The molecule has 1 aromatic carbocycles. The van der Waals surface area contributed by atoms with Gasteiger partial charge in [-0.25, -0.2) is 9.18 Å². The van der Waals surface area contributed by atoms with Crippen LogP contribution in [0.25, 0.3) is 0 Å². The number of benzene rings is 1. The maximum absolute atomic E-state index is 13.3. The molecule has 24 heavy (non-hydrogen) atoms. The van der Waals surface area contributed by atoms with Gasteiger partial charge in [-0.15, -0.1) is 0 Å². The lowest BCUT2D eigenvalue weighted by atomic mass is 9.90. The third kappa shape index (κ3) is 4.16. The van der Waals surface area contributed by atoms with Crippen LogP contribution in [0.4, 0.5) is 9.18 Å². The van der Waals surface area contributed by atoms with Gasteiger partial charge in [-0.05, 0) is 61.9 Å². The van der Waals surface area contributed by atoms with Gasteiger partial charge in [-0.2, -0.15) is 0 Å². The van der Waals surface area contributed by atoms with Gasteiger partial charge in [-0.3, -0.25) is 0 Å². The zero-order valence-electron chi connectivity index (χ0n) is 13.9. The van der Waals surface area contributed by atoms with Gasteiger partial charge in [0, 0.05) is 13.1 Å². The summed E-state index contributed by atoms with van der Waals surface area (Å²) < 4.78 is 18.6. The van der Waals surface area contributed by atoms with Gasteiger partial charge >= 0.3 is 6.03 Å². The van der Waals surface area contributed by atoms with Crippen LogP contribution in [0.3, 0.4) is 0 Å². The number of hydrogen-bond acceptors (Lipinski definition) is 2. The van der Waals surface area contributed by atoms with Gasteiger partial charge in [0.2, 0.25) is 0 Å². The fourth-order valence-corrected chi connectivity index (χ4v) is 3.22. The van der Waals surface area contributed by atoms with Crippen molar-refractivity contribution in [1.29, 1.82) is 0 Å². The fourth-order valence-electron chi connectivity index (χ4n) is 3.22. The van der Waals surface area contributed by atoms with Crippen molar-refractivity contribution in [3.63, 3.8) is 0 Å². The molecular weight excluding hydrogens is 307 g/mol. The number of nitrogens with one attached hydrogen (secondary N) is 1. The van der Waals surface area contributed by atoms with Crippen molar-refractivity contribution in [3.8, 4) is 0 Å². The van der Waals surface area contributed by atoms with E-state index in [-0.39, 0.29) is 17.9 Å². The molecule has 0 radical (unpaired) electrons. The van der Waals surface area contributed by atoms with Crippen molar-refractivity contribution in [2.45, 2.75) is 32.2 Å². The Morgan fingerprint density at radius 2 is 2.12 bits per heavy atom. The molecule has 1 aliphatic heterocycles. The van der Waals surface area contributed by atoms with Crippen molar-refractivity contribution < 1.29 is 13.6 Å². The number of likely N-dealkylation sites (tertiary alicyclic amines) is 1. The number of rotatable bonds is 4. The van der Waals surface area contributed by atoms with Crippen LogP contribution in [0.2, 0.25) is 0 Å². The van der Waals surface area contributed by atoms with E-state index in [1.165, 1.54) is 6.07 Å². The highest BCUT2D eigenvalue weighted by atomic mass is 19.1. The molecule has 1 unspecified atom stereocenters. The maximum atomic E-state index is 13.3. The molecule has 1 fully saturated rings. The smallest absolute Gasteiger partial charge is 0.317 e. The van der Waals surface area contributed by atoms with E-state index in [1.807, 2.05) is 30.0 Å². The summed E-state index contributed by atoms with van der Waals surface area (Å²) in [5, 5.41) is 2.97. The van der Waals surface area contributed by atoms with Gasteiger partial charge in [0.25, 0.3) is 0 Å². The molecule has 2 heterocycles. The zero-order valence-corrected chi connectivity index (χ0v) is 13.9. The van der Waals surface area contributed by atoms with Crippen LogP contribution in [0.15, 0.2) is 47.1 Å². The van der Waals surface area contributed by atoms with E-state index in [2.05, 4.69) is 5.32 Å². The van der Waals surface area contributed by atoms with E-state index < -0.39 is 0 Å². The minimum atomic E-state index is -0.184. The predicted octanol–water partition coefficient (Wildman–Crippen LogP) is 4.14. The Bertz CT molecular complexity index is 664. The maximum Gasteiger partial charge on any atom is 0.317 e. The summed E-state index contributed by atoms with van der Waals surface area (Å²) in [5.41, 5.74) is 1.03. The zero-order chi connectivity index (χ0) is 16.9. The van der Waals surface area contributed by atoms with Gasteiger partial charge in [0.05, 0.1) is 12.3 Å². The van der Waals surface area contributed by atoms with Crippen molar-refractivity contribution >= 4 is 6.03 Å². The molecule has 4 nitrogen and oxygen atoms in total. The molecule has 1 atom stereocenters. The molecule has 0 spiro atoms. The number of halogens is 1. The number of nitrogens with zero attached hydrogens (tertiary/aromatic N) is 1. The average molecular weight is 330 g/mol. The molecule has 5 heteroatoms. The molecule has 2 aromatic rings. The molecule has 128 valence electrons. The summed E-state index contributed by atoms with van der Waals surface area (Å²) >= 11 is 0. The highest BCUT2D eigenvalue weighted by Crippen LogP contribution is 2.22. The Morgan fingerprint density at radius 3 is 2.79 bits per heavy atom. The second-order valence-electron chi connectivity index (χ2n) is 6.45. The first-order valence-electron chi connectivity index (χ1n) is 8.45. The first-order valence-corrected chi connectivity index (χ1v) is 8.45. The highest BCUT2D eigenvalue weighted by molar-refractivity contribution is 5.74. The standard InChI is InChI=1S/C19H23FN2O2/c1-14(18-6-3-11-24-18)21-19(23)22-9-7-15(8-10-22)12-16-4-2-5-17(20)13-16/h2-6,11,13-15H,7-10,12H2,1H3,(H,21,23). The summed E-state index contributed by atoms with van der Waals surface area (Å²) in [7, 11) is 0. The summed E-state index contributed by atoms with van der Waals surface area (Å²) in [4.78, 5) is 14.2. The predicted molar refractivity (Wildman–Crippen MR) is 90.1 cm³/mol. The van der Waals surface area contributed by atoms with Crippen molar-refractivity contribution in [3.05, 3.63) is 59.8 Å². The van der Waals surface area contributed by atoms with E-state index in [0.29, 0.717) is 5.92 Å². The Balaban J connectivity index is 1.47. The lowest BCUT2D eigenvalue weighted by Crippen LogP contribution is -2.45. The van der Waals surface area contributed by atoms with Gasteiger partial charge in [0.1, 0.15) is 11.6 Å². The van der Waals surface area contributed by atoms with E-state index in [4.69, 9.17) is 4.42 Å². The molecule has 0 saturated carbocycles. The van der Waals surface area contributed by atoms with Gasteiger partial charge < -0.3 is 14.6 Å². The van der Waals surface area contributed by atoms with Gasteiger partial charge in [-0.1, -0.05) is 12.1 Å². The molecule has 1 aromatic heterocycles. The molecule has 2 amide bonds. The lowest BCUT2D eigenvalue weighted by molar-refractivity contribution is 0.166. The van der Waals surface area contributed by atoms with Crippen LogP contribution >= 0.6 is 0 Å². The monoisotopic (exact) mass is 330 g/mol. The Morgan fingerprint density at radius 1 is 1.33 bits per heavy atom. The second kappa shape index (κ2) is 7.51. The first-order chi connectivity index (χ1) is 11.6. The minimum Gasteiger partial charge on any atom is -0.467 e. The number of piperidine rings is 1. The normalized spacial score (nSPS) is 16.8. The Labute approximate surface area is 141 Å². The van der Waals surface area contributed by atoms with Crippen LogP contribution in [-0.2, 0) is 6.42 Å². The largest absolute Gasteiger partial charge is 0.467 e. The molecular formula is C19H23FN2O2. The lowest BCUT2D eigenvalue weighted by Gasteiger charge is -2.32. The topological polar surface area (TPSA) is 45.5 Å². The molecule has 0 bridgehead atoms. The van der Waals surface area contributed by atoms with Crippen molar-refractivity contribution in [1.82, 2.24) is 10.2 Å². The van der Waals surface area contributed by atoms with E-state index in [0.717, 1.165) is 43.7 Å². The number of amides is 2. The highest BCUT2D eigenvalue weighted by Gasteiger charge is 2.24. The fraction of sp³-hybridized carbons (Fsp3) is 0.421. The SMILES string of the molecule is CC(NC(=O)N1CCC(Cc2cccc(F)c2)CC1)c1ccco1. The molecule has 1 N–H and O–H groups in total. The van der Waals surface area contributed by atoms with E-state index in [1.54, 1.807) is 18.4 Å². The summed E-state index contributed by atoms with van der Waals surface area (Å²) in [6.07, 6.45) is 4.37. The number of urea groups is 1. The Hall–Kier alpha value is -2.30. The molecule has 1 aliphatic rings. The molecule has 0 aliphatic carbocycles. The Kier molecular flexibility index (Phi) is 5.18. The summed E-state index contributed by atoms with van der Waals surface area (Å²) in [5.74, 6) is 1.07. The quantitative estimate of drug-likeness (QED) is 0.915. The third-order valence-corrected chi connectivity index (χ3v) is 4.63. The number of furan rings is 1. The average Bonchev–Trinajstić information content (AvgIpc) is 3.10.